The number of rotatable bonds is 40. The van der Waals surface area contributed by atoms with Crippen LogP contribution < -0.4 is 5.32 Å². The Morgan fingerprint density at radius 2 is 0.873 bits per heavy atom. The average molecular weight is 779 g/mol. The predicted molar refractivity (Wildman–Crippen MR) is 234 cm³/mol. The van der Waals surface area contributed by atoms with E-state index in [0.717, 1.165) is 122 Å². The number of nitrogens with zero attached hydrogens (tertiary/aromatic N) is 1. The Morgan fingerprint density at radius 1 is 0.509 bits per heavy atom. The van der Waals surface area contributed by atoms with Gasteiger partial charge in [-0.15, -0.1) is 0 Å². The van der Waals surface area contributed by atoms with Crippen molar-refractivity contribution in [2.24, 2.45) is 11.8 Å². The summed E-state index contributed by atoms with van der Waals surface area (Å²) in [5.74, 6) is 0.231. The lowest BCUT2D eigenvalue weighted by Gasteiger charge is -2.39. The highest BCUT2D eigenvalue weighted by atomic mass is 16.5. The van der Waals surface area contributed by atoms with Gasteiger partial charge in [0.15, 0.2) is 0 Å². The largest absolute Gasteiger partial charge is 0.465 e. The monoisotopic (exact) mass is 779 g/mol. The summed E-state index contributed by atoms with van der Waals surface area (Å²) in [7, 11) is 0. The van der Waals surface area contributed by atoms with Crippen LogP contribution in [0.5, 0.6) is 0 Å². The fraction of sp³-hybridized carbons (Fsp3) is 0.958. The smallest absolute Gasteiger partial charge is 0.308 e. The van der Waals surface area contributed by atoms with Gasteiger partial charge in [-0.1, -0.05) is 156 Å². The molecule has 0 bridgehead atoms. The number of aliphatic hydroxyl groups is 1. The first kappa shape index (κ1) is 51.8. The molecule has 1 heterocycles. The van der Waals surface area contributed by atoms with Gasteiger partial charge in [0.05, 0.1) is 25.0 Å². The fourth-order valence-electron chi connectivity index (χ4n) is 8.42. The van der Waals surface area contributed by atoms with Crippen LogP contribution in [0.15, 0.2) is 0 Å². The molecule has 1 aliphatic rings. The highest BCUT2D eigenvalue weighted by Crippen LogP contribution is 2.23. The van der Waals surface area contributed by atoms with E-state index in [-0.39, 0.29) is 30.4 Å². The van der Waals surface area contributed by atoms with E-state index < -0.39 is 0 Å². The quantitative estimate of drug-likeness (QED) is 0.0473. The number of ether oxygens (including phenoxy) is 2. The molecule has 0 saturated carbocycles. The topological polar surface area (TPSA) is 88.1 Å². The van der Waals surface area contributed by atoms with Gasteiger partial charge in [0.2, 0.25) is 0 Å². The van der Waals surface area contributed by atoms with Gasteiger partial charge < -0.3 is 24.8 Å². The van der Waals surface area contributed by atoms with Crippen LogP contribution in [0, 0.1) is 11.8 Å². The summed E-state index contributed by atoms with van der Waals surface area (Å²) in [6.07, 6.45) is 36.7. The summed E-state index contributed by atoms with van der Waals surface area (Å²) >= 11 is 0. The molecular formula is C48H94N2O5. The molecule has 0 spiro atoms. The molecule has 2 unspecified atom stereocenters. The van der Waals surface area contributed by atoms with Crippen molar-refractivity contribution >= 4 is 11.9 Å². The first-order valence-corrected chi connectivity index (χ1v) is 24.4. The third kappa shape index (κ3) is 29.7. The SMILES string of the molecule is CCCCCCCC(CCCCCCC)C(=O)OCCCCC1CN(CCCCO)CC(CCCCOC(=O)C(CCCCCCC)CCCCCCC)N1. The number of aliphatic hydroxyl groups excluding tert-OH is 1. The number of carbonyl (C=O) groups is 2. The van der Waals surface area contributed by atoms with E-state index in [9.17, 15) is 14.7 Å². The summed E-state index contributed by atoms with van der Waals surface area (Å²) in [6, 6.07) is 0.853. The van der Waals surface area contributed by atoms with Crippen LogP contribution in [0.25, 0.3) is 0 Å². The summed E-state index contributed by atoms with van der Waals surface area (Å²) in [6.45, 7) is 13.4. The second kappa shape index (κ2) is 38.3. The second-order valence-electron chi connectivity index (χ2n) is 17.3. The van der Waals surface area contributed by atoms with Crippen LogP contribution in [-0.2, 0) is 19.1 Å². The highest BCUT2D eigenvalue weighted by molar-refractivity contribution is 5.72. The van der Waals surface area contributed by atoms with Gasteiger partial charge in [0, 0.05) is 31.8 Å². The van der Waals surface area contributed by atoms with Crippen LogP contribution in [0.4, 0.5) is 0 Å². The second-order valence-corrected chi connectivity index (χ2v) is 17.3. The minimum Gasteiger partial charge on any atom is -0.465 e. The zero-order chi connectivity index (χ0) is 40.0. The number of hydrogen-bond acceptors (Lipinski definition) is 7. The highest BCUT2D eigenvalue weighted by Gasteiger charge is 2.26. The van der Waals surface area contributed by atoms with Gasteiger partial charge in [-0.25, -0.2) is 0 Å². The maximum absolute atomic E-state index is 13.1. The first-order valence-electron chi connectivity index (χ1n) is 24.4. The normalized spacial score (nSPS) is 16.3. The van der Waals surface area contributed by atoms with E-state index in [1.807, 2.05) is 0 Å². The van der Waals surface area contributed by atoms with Crippen molar-refractivity contribution in [2.75, 3.05) is 39.5 Å². The Balaban J connectivity index is 2.51. The molecule has 7 heteroatoms. The molecule has 0 aromatic heterocycles. The average Bonchev–Trinajstić information content (AvgIpc) is 3.18. The maximum atomic E-state index is 13.1. The summed E-state index contributed by atoms with van der Waals surface area (Å²) < 4.78 is 11.8. The third-order valence-electron chi connectivity index (χ3n) is 12.0. The van der Waals surface area contributed by atoms with Gasteiger partial charge in [-0.2, -0.15) is 0 Å². The van der Waals surface area contributed by atoms with Crippen molar-refractivity contribution in [2.45, 2.75) is 245 Å². The molecule has 2 atom stereocenters. The summed E-state index contributed by atoms with van der Waals surface area (Å²) in [4.78, 5) is 28.9. The van der Waals surface area contributed by atoms with Crippen LogP contribution in [0.1, 0.15) is 233 Å². The van der Waals surface area contributed by atoms with Crippen molar-refractivity contribution in [3.63, 3.8) is 0 Å². The van der Waals surface area contributed by atoms with E-state index in [4.69, 9.17) is 9.47 Å². The van der Waals surface area contributed by atoms with Crippen molar-refractivity contribution < 1.29 is 24.2 Å². The Kier molecular flexibility index (Phi) is 36.1. The van der Waals surface area contributed by atoms with E-state index >= 15 is 0 Å². The summed E-state index contributed by atoms with van der Waals surface area (Å²) in [5.41, 5.74) is 0. The molecule has 0 amide bonds. The van der Waals surface area contributed by atoms with Gasteiger partial charge in [-0.05, 0) is 83.6 Å². The van der Waals surface area contributed by atoms with Gasteiger partial charge in [0.25, 0.3) is 0 Å². The minimum atomic E-state index is 0.0444. The van der Waals surface area contributed by atoms with Gasteiger partial charge in [0.1, 0.15) is 0 Å². The Morgan fingerprint density at radius 3 is 1.22 bits per heavy atom. The number of hydrogen-bond donors (Lipinski definition) is 2. The van der Waals surface area contributed by atoms with Crippen LogP contribution >= 0.6 is 0 Å². The number of nitrogens with one attached hydrogen (secondary N) is 1. The zero-order valence-corrected chi connectivity index (χ0v) is 37.2. The minimum absolute atomic E-state index is 0.0444. The molecular weight excluding hydrogens is 685 g/mol. The first-order chi connectivity index (χ1) is 27.0. The molecule has 0 aromatic carbocycles. The molecule has 1 saturated heterocycles. The van der Waals surface area contributed by atoms with Crippen LogP contribution in [0.3, 0.4) is 0 Å². The number of carbonyl (C=O) groups excluding carboxylic acids is 2. The molecule has 2 N–H and O–H groups in total. The molecule has 0 aromatic rings. The summed E-state index contributed by atoms with van der Waals surface area (Å²) in [5, 5.41) is 13.3. The standard InChI is InChI=1S/C48H94N2O5/c1-5-9-13-17-21-31-43(32-22-18-14-10-6-2)47(52)54-39-29-25-35-45-41-50(37-27-28-38-51)42-46(49-45)36-26-30-40-55-48(53)44(33-23-19-15-11-7-3)34-24-20-16-12-8-4/h43-46,49,51H,5-42H2,1-4H3. The molecule has 1 aliphatic heterocycles. The van der Waals surface area contributed by atoms with Crippen molar-refractivity contribution in [1.29, 1.82) is 0 Å². The van der Waals surface area contributed by atoms with E-state index in [1.165, 1.54) is 103 Å². The number of unbranched alkanes of at least 4 members (excludes halogenated alkanes) is 19. The van der Waals surface area contributed by atoms with Crippen LogP contribution in [0.2, 0.25) is 0 Å². The van der Waals surface area contributed by atoms with Crippen molar-refractivity contribution in [1.82, 2.24) is 10.2 Å². The number of esters is 2. The molecule has 7 nitrogen and oxygen atoms in total. The van der Waals surface area contributed by atoms with Crippen molar-refractivity contribution in [3.05, 3.63) is 0 Å². The van der Waals surface area contributed by atoms with Crippen molar-refractivity contribution in [3.8, 4) is 0 Å². The Labute approximate surface area is 342 Å². The lowest BCUT2D eigenvalue weighted by atomic mass is 9.94. The van der Waals surface area contributed by atoms with E-state index in [0.29, 0.717) is 25.3 Å². The molecule has 55 heavy (non-hydrogen) atoms. The maximum Gasteiger partial charge on any atom is 0.308 e. The van der Waals surface area contributed by atoms with E-state index in [2.05, 4.69) is 37.9 Å². The predicted octanol–water partition coefficient (Wildman–Crippen LogP) is 12.5. The molecule has 0 radical (unpaired) electrons. The zero-order valence-electron chi connectivity index (χ0n) is 37.2. The fourth-order valence-corrected chi connectivity index (χ4v) is 8.42. The lowest BCUT2D eigenvalue weighted by Crippen LogP contribution is -2.56. The van der Waals surface area contributed by atoms with Gasteiger partial charge in [-0.3, -0.25) is 9.59 Å². The molecule has 1 fully saturated rings. The van der Waals surface area contributed by atoms with E-state index in [1.54, 1.807) is 0 Å². The lowest BCUT2D eigenvalue weighted by molar-refractivity contribution is -0.150. The Hall–Kier alpha value is -1.18. The Bertz CT molecular complexity index is 766. The molecule has 326 valence electrons. The molecule has 1 rings (SSSR count). The molecule has 0 aliphatic carbocycles. The van der Waals surface area contributed by atoms with Crippen LogP contribution in [-0.4, -0.2) is 73.5 Å². The van der Waals surface area contributed by atoms with Gasteiger partial charge >= 0.3 is 11.9 Å². The third-order valence-corrected chi connectivity index (χ3v) is 12.0. The number of piperazine rings is 1.